The van der Waals surface area contributed by atoms with Gasteiger partial charge in [-0.05, 0) is 29.8 Å². The number of methoxy groups -OCH3 is 1. The molecule has 0 fully saturated rings. The Bertz CT molecular complexity index is 1450. The maximum Gasteiger partial charge on any atom is 0.323 e. The first kappa shape index (κ1) is 24.1. The van der Waals surface area contributed by atoms with E-state index in [1.165, 1.54) is 19.5 Å². The van der Waals surface area contributed by atoms with Crippen molar-refractivity contribution >= 4 is 74.4 Å². The monoisotopic (exact) mass is 516 g/mol. The van der Waals surface area contributed by atoms with Crippen LogP contribution < -0.4 is 20.7 Å². The molecule has 2 aromatic heterocycles. The van der Waals surface area contributed by atoms with Crippen molar-refractivity contribution in [2.75, 3.05) is 24.3 Å². The number of carbonyl (C=O) groups excluding carboxylic acids is 2. The number of nitrogens with one attached hydrogen (secondary N) is 3. The van der Waals surface area contributed by atoms with Gasteiger partial charge in [0, 0.05) is 28.9 Å². The normalized spacial score (nSPS) is 10.8. The van der Waals surface area contributed by atoms with Gasteiger partial charge in [0.15, 0.2) is 11.3 Å². The molecule has 0 unspecified atom stereocenters. The summed E-state index contributed by atoms with van der Waals surface area (Å²) in [6, 6.07) is 7.68. The van der Waals surface area contributed by atoms with Crippen LogP contribution in [0.15, 0.2) is 47.1 Å². The van der Waals surface area contributed by atoms with Gasteiger partial charge in [-0.15, -0.1) is 0 Å². The number of carbonyl (C=O) groups is 3. The van der Waals surface area contributed by atoms with Crippen LogP contribution in [0.1, 0.15) is 5.56 Å². The summed E-state index contributed by atoms with van der Waals surface area (Å²) in [5.74, 6) is -1.07. The van der Waals surface area contributed by atoms with Crippen molar-refractivity contribution in [2.24, 2.45) is 0 Å². The number of furan rings is 1. The third-order valence-corrected chi connectivity index (χ3v) is 5.59. The first-order valence-corrected chi connectivity index (χ1v) is 10.9. The van der Waals surface area contributed by atoms with Gasteiger partial charge >= 0.3 is 12.0 Å². The Morgan fingerprint density at radius 3 is 2.51 bits per heavy atom. The number of rotatable bonds is 7. The summed E-state index contributed by atoms with van der Waals surface area (Å²) in [6.45, 7) is -0.523. The number of benzene rings is 2. The summed E-state index contributed by atoms with van der Waals surface area (Å²) in [6.07, 6.45) is 2.71. The minimum Gasteiger partial charge on any atom is -0.493 e. The van der Waals surface area contributed by atoms with Crippen LogP contribution in [-0.2, 0) is 16.0 Å². The van der Waals surface area contributed by atoms with Crippen molar-refractivity contribution in [3.8, 4) is 5.75 Å². The Morgan fingerprint density at radius 1 is 1.09 bits per heavy atom. The lowest BCUT2D eigenvalue weighted by atomic mass is 10.0. The lowest BCUT2D eigenvalue weighted by Crippen LogP contribution is -2.33. The van der Waals surface area contributed by atoms with Gasteiger partial charge in [0.25, 0.3) is 0 Å². The molecule has 2 heterocycles. The van der Waals surface area contributed by atoms with E-state index in [1.54, 1.807) is 30.3 Å². The van der Waals surface area contributed by atoms with E-state index in [4.69, 9.17) is 37.5 Å². The molecular formula is C23H18Cl2N4O6. The van der Waals surface area contributed by atoms with Gasteiger partial charge in [0.05, 0.1) is 29.3 Å². The van der Waals surface area contributed by atoms with Crippen molar-refractivity contribution in [2.45, 2.75) is 6.42 Å². The van der Waals surface area contributed by atoms with E-state index < -0.39 is 18.5 Å². The summed E-state index contributed by atoms with van der Waals surface area (Å²) in [5, 5.41) is 17.9. The molecule has 4 rings (SSSR count). The highest BCUT2D eigenvalue weighted by atomic mass is 35.5. The van der Waals surface area contributed by atoms with Gasteiger partial charge in [-0.25, -0.2) is 4.79 Å². The van der Waals surface area contributed by atoms with Gasteiger partial charge < -0.3 is 30.2 Å². The fourth-order valence-electron chi connectivity index (χ4n) is 3.53. The maximum absolute atomic E-state index is 12.9. The molecular weight excluding hydrogens is 499 g/mol. The fraction of sp³-hybridized carbons (Fsp3) is 0.130. The van der Waals surface area contributed by atoms with Crippen LogP contribution in [0.3, 0.4) is 0 Å². The van der Waals surface area contributed by atoms with Crippen molar-refractivity contribution in [1.29, 1.82) is 0 Å². The van der Waals surface area contributed by atoms with E-state index in [-0.39, 0.29) is 28.1 Å². The number of aliphatic carboxylic acids is 1. The average molecular weight is 517 g/mol. The van der Waals surface area contributed by atoms with E-state index in [9.17, 15) is 14.4 Å². The van der Waals surface area contributed by atoms with E-state index in [2.05, 4.69) is 20.9 Å². The molecule has 0 saturated heterocycles. The van der Waals surface area contributed by atoms with Crippen molar-refractivity contribution < 1.29 is 28.6 Å². The van der Waals surface area contributed by atoms with Crippen LogP contribution in [-0.4, -0.2) is 41.7 Å². The number of carboxylic acids is 1. The number of carboxylic acid groups (broad SMARTS) is 1. The van der Waals surface area contributed by atoms with Crippen molar-refractivity contribution in [3.63, 3.8) is 0 Å². The molecule has 180 valence electrons. The predicted molar refractivity (Wildman–Crippen MR) is 132 cm³/mol. The number of anilines is 2. The molecule has 4 aromatic rings. The Hall–Kier alpha value is -4.02. The third-order valence-electron chi connectivity index (χ3n) is 5.02. The molecule has 0 aliphatic rings. The molecule has 2 aromatic carbocycles. The molecule has 0 spiro atoms. The first-order chi connectivity index (χ1) is 16.8. The number of nitrogens with zero attached hydrogens (tertiary/aromatic N) is 1. The molecule has 10 nitrogen and oxygen atoms in total. The zero-order chi connectivity index (χ0) is 25.1. The summed E-state index contributed by atoms with van der Waals surface area (Å²) in [7, 11) is 1.50. The number of fused-ring (bicyclic) bond motifs is 3. The topological polar surface area (TPSA) is 143 Å². The smallest absolute Gasteiger partial charge is 0.323 e. The molecule has 35 heavy (non-hydrogen) atoms. The number of amides is 3. The zero-order valence-corrected chi connectivity index (χ0v) is 19.7. The molecule has 0 bridgehead atoms. The lowest BCUT2D eigenvalue weighted by molar-refractivity contribution is -0.135. The van der Waals surface area contributed by atoms with Crippen LogP contribution in [0.4, 0.5) is 16.2 Å². The van der Waals surface area contributed by atoms with Crippen LogP contribution in [0.2, 0.25) is 10.0 Å². The Balaban J connectivity index is 1.69. The van der Waals surface area contributed by atoms with E-state index in [1.807, 2.05) is 0 Å². The van der Waals surface area contributed by atoms with Gasteiger partial charge in [-0.2, -0.15) is 0 Å². The number of halogens is 2. The highest BCUT2D eigenvalue weighted by Crippen LogP contribution is 2.38. The first-order valence-electron chi connectivity index (χ1n) is 10.1. The van der Waals surface area contributed by atoms with Gasteiger partial charge in [-0.3, -0.25) is 14.6 Å². The predicted octanol–water partition coefficient (Wildman–Crippen LogP) is 4.68. The van der Waals surface area contributed by atoms with Crippen LogP contribution in [0, 0.1) is 0 Å². The largest absolute Gasteiger partial charge is 0.493 e. The van der Waals surface area contributed by atoms with Crippen LogP contribution in [0.25, 0.3) is 21.9 Å². The zero-order valence-electron chi connectivity index (χ0n) is 18.1. The minimum atomic E-state index is -1.17. The van der Waals surface area contributed by atoms with Gasteiger partial charge in [0.2, 0.25) is 5.91 Å². The Labute approximate surface area is 208 Å². The molecule has 3 amide bonds. The second-order valence-corrected chi connectivity index (χ2v) is 8.16. The Kier molecular flexibility index (Phi) is 6.94. The number of hydrogen-bond donors (Lipinski definition) is 4. The number of hydrogen-bond acceptors (Lipinski definition) is 6. The minimum absolute atomic E-state index is 0.0408. The third kappa shape index (κ3) is 5.23. The summed E-state index contributed by atoms with van der Waals surface area (Å²) < 4.78 is 11.4. The van der Waals surface area contributed by atoms with E-state index in [0.717, 1.165) is 0 Å². The quantitative estimate of drug-likeness (QED) is 0.279. The second-order valence-electron chi connectivity index (χ2n) is 7.35. The molecule has 0 atom stereocenters. The van der Waals surface area contributed by atoms with Crippen molar-refractivity contribution in [1.82, 2.24) is 10.3 Å². The highest BCUT2D eigenvalue weighted by molar-refractivity contribution is 6.39. The fourth-order valence-corrected chi connectivity index (χ4v) is 3.99. The molecule has 0 saturated carbocycles. The molecule has 4 N–H and O–H groups in total. The summed E-state index contributed by atoms with van der Waals surface area (Å²) in [4.78, 5) is 39.4. The number of aromatic nitrogens is 1. The van der Waals surface area contributed by atoms with Crippen LogP contribution in [0.5, 0.6) is 5.75 Å². The number of ether oxygens (including phenoxy) is 1. The standard InChI is InChI=1S/C23H18Cl2N4O6/c1-34-17-4-2-11(6-18(30)29-21-14(24)8-26-9-15(21)25)20-13-7-12(3-5-16(13)35-22(17)20)28-23(33)27-10-19(31)32/h2-5,7-9H,6,10H2,1H3,(H,31,32)(H,26,29,30)(H2,27,28,33). The number of urea groups is 1. The van der Waals surface area contributed by atoms with E-state index >= 15 is 0 Å². The SMILES string of the molecule is COc1ccc(CC(=O)Nc2c(Cl)cncc2Cl)c2c1oc1ccc(NC(=O)NCC(=O)O)cc12. The van der Waals surface area contributed by atoms with Crippen LogP contribution >= 0.6 is 23.2 Å². The lowest BCUT2D eigenvalue weighted by Gasteiger charge is -2.10. The highest BCUT2D eigenvalue weighted by Gasteiger charge is 2.19. The summed E-state index contributed by atoms with van der Waals surface area (Å²) in [5.41, 5.74) is 2.22. The second kappa shape index (κ2) is 10.1. The molecule has 12 heteroatoms. The van der Waals surface area contributed by atoms with E-state index in [0.29, 0.717) is 38.9 Å². The van der Waals surface area contributed by atoms with Crippen molar-refractivity contribution in [3.05, 3.63) is 58.3 Å². The molecule has 0 aliphatic heterocycles. The van der Waals surface area contributed by atoms with Gasteiger partial charge in [0.1, 0.15) is 12.1 Å². The average Bonchev–Trinajstić information content (AvgIpc) is 3.20. The molecule has 0 aliphatic carbocycles. The maximum atomic E-state index is 12.9. The number of pyridine rings is 1. The van der Waals surface area contributed by atoms with Gasteiger partial charge in [-0.1, -0.05) is 29.3 Å². The summed E-state index contributed by atoms with van der Waals surface area (Å²) >= 11 is 12.2. The molecule has 0 radical (unpaired) electrons. The Morgan fingerprint density at radius 2 is 1.83 bits per heavy atom.